The lowest BCUT2D eigenvalue weighted by molar-refractivity contribution is -0.124. The second-order valence-electron chi connectivity index (χ2n) is 5.80. The first-order chi connectivity index (χ1) is 10.7. The van der Waals surface area contributed by atoms with Gasteiger partial charge in [0.05, 0.1) is 7.11 Å². The van der Waals surface area contributed by atoms with Crippen molar-refractivity contribution in [2.45, 2.75) is 37.8 Å². The smallest absolute Gasteiger partial charge is 0.322 e. The van der Waals surface area contributed by atoms with Crippen molar-refractivity contribution in [1.82, 2.24) is 10.2 Å². The fraction of sp³-hybridized carbons (Fsp3) is 0.500. The summed E-state index contributed by atoms with van der Waals surface area (Å²) in [6.07, 6.45) is 3.68. The zero-order chi connectivity index (χ0) is 15.5. The molecule has 2 fully saturated rings. The van der Waals surface area contributed by atoms with Crippen LogP contribution in [0.25, 0.3) is 0 Å². The van der Waals surface area contributed by atoms with Gasteiger partial charge >= 0.3 is 6.03 Å². The van der Waals surface area contributed by atoms with Gasteiger partial charge in [-0.1, -0.05) is 6.07 Å². The number of anilines is 1. The van der Waals surface area contributed by atoms with Crippen molar-refractivity contribution < 1.29 is 14.3 Å². The summed E-state index contributed by atoms with van der Waals surface area (Å²) in [5.74, 6) is 0.656. The zero-order valence-electron chi connectivity index (χ0n) is 12.7. The van der Waals surface area contributed by atoms with E-state index in [2.05, 4.69) is 10.6 Å². The first-order valence-electron chi connectivity index (χ1n) is 7.69. The molecule has 6 heteroatoms. The minimum Gasteiger partial charge on any atom is -0.497 e. The van der Waals surface area contributed by atoms with Crippen molar-refractivity contribution in [3.63, 3.8) is 0 Å². The quantitative estimate of drug-likeness (QED) is 0.893. The van der Waals surface area contributed by atoms with Gasteiger partial charge in [0.25, 0.3) is 0 Å². The highest BCUT2D eigenvalue weighted by molar-refractivity contribution is 5.94. The topological polar surface area (TPSA) is 70.7 Å². The second kappa shape index (κ2) is 6.25. The Morgan fingerprint density at radius 2 is 2.09 bits per heavy atom. The maximum atomic E-state index is 12.4. The summed E-state index contributed by atoms with van der Waals surface area (Å²) in [6, 6.07) is 6.92. The lowest BCUT2D eigenvalue weighted by Crippen LogP contribution is -2.47. The molecule has 1 saturated carbocycles. The maximum absolute atomic E-state index is 12.4. The molecule has 3 rings (SSSR count). The van der Waals surface area contributed by atoms with E-state index in [0.29, 0.717) is 24.0 Å². The van der Waals surface area contributed by atoms with Gasteiger partial charge in [0.1, 0.15) is 11.8 Å². The highest BCUT2D eigenvalue weighted by Crippen LogP contribution is 2.23. The molecule has 0 aromatic heterocycles. The van der Waals surface area contributed by atoms with Crippen molar-refractivity contribution in [3.05, 3.63) is 24.3 Å². The maximum Gasteiger partial charge on any atom is 0.322 e. The summed E-state index contributed by atoms with van der Waals surface area (Å²) >= 11 is 0. The molecule has 1 aliphatic heterocycles. The molecular weight excluding hydrogens is 282 g/mol. The Bertz CT molecular complexity index is 572. The van der Waals surface area contributed by atoms with Gasteiger partial charge < -0.3 is 20.3 Å². The third kappa shape index (κ3) is 3.32. The van der Waals surface area contributed by atoms with E-state index in [1.54, 1.807) is 24.1 Å². The molecule has 1 aliphatic carbocycles. The molecule has 0 unspecified atom stereocenters. The first kappa shape index (κ1) is 14.7. The molecule has 22 heavy (non-hydrogen) atoms. The van der Waals surface area contributed by atoms with Gasteiger partial charge in [-0.25, -0.2) is 4.79 Å². The normalized spacial score (nSPS) is 20.6. The molecule has 2 aliphatic rings. The number of benzene rings is 1. The molecule has 1 aromatic carbocycles. The van der Waals surface area contributed by atoms with Crippen LogP contribution in [0.5, 0.6) is 5.75 Å². The predicted molar refractivity (Wildman–Crippen MR) is 82.9 cm³/mol. The van der Waals surface area contributed by atoms with Crippen LogP contribution in [0.3, 0.4) is 0 Å². The summed E-state index contributed by atoms with van der Waals surface area (Å²) in [4.78, 5) is 26.3. The average molecular weight is 303 g/mol. The number of nitrogens with zero attached hydrogens (tertiary/aromatic N) is 1. The first-order valence-corrected chi connectivity index (χ1v) is 7.69. The summed E-state index contributed by atoms with van der Waals surface area (Å²) in [5, 5.41) is 5.82. The van der Waals surface area contributed by atoms with Crippen molar-refractivity contribution >= 4 is 17.6 Å². The number of carbonyl (C=O) groups excluding carboxylic acids is 2. The number of hydrogen-bond donors (Lipinski definition) is 2. The molecule has 118 valence electrons. The van der Waals surface area contributed by atoms with Crippen LogP contribution in [0.15, 0.2) is 24.3 Å². The number of carbonyl (C=O) groups is 2. The number of hydrogen-bond acceptors (Lipinski definition) is 3. The van der Waals surface area contributed by atoms with Gasteiger partial charge in [-0.3, -0.25) is 4.79 Å². The van der Waals surface area contributed by atoms with E-state index < -0.39 is 0 Å². The van der Waals surface area contributed by atoms with E-state index in [0.717, 1.165) is 25.7 Å². The van der Waals surface area contributed by atoms with Crippen LogP contribution in [0.4, 0.5) is 10.5 Å². The van der Waals surface area contributed by atoms with E-state index >= 15 is 0 Å². The van der Waals surface area contributed by atoms with E-state index in [9.17, 15) is 9.59 Å². The van der Waals surface area contributed by atoms with E-state index in [1.165, 1.54) is 0 Å². The minimum absolute atomic E-state index is 0.0270. The number of urea groups is 1. The Morgan fingerprint density at radius 1 is 1.27 bits per heavy atom. The van der Waals surface area contributed by atoms with Gasteiger partial charge in [0.15, 0.2) is 0 Å². The number of nitrogens with one attached hydrogen (secondary N) is 2. The van der Waals surface area contributed by atoms with Gasteiger partial charge in [-0.05, 0) is 37.8 Å². The Kier molecular flexibility index (Phi) is 4.18. The number of amides is 3. The lowest BCUT2D eigenvalue weighted by atomic mass is 10.2. The molecule has 1 saturated heterocycles. The standard InChI is InChI=1S/C16H21N3O3/c1-22-13-5-2-4-12(10-13)18-16(21)19-9-3-6-14(19)15(20)17-11-7-8-11/h2,4-5,10-11,14H,3,6-9H2,1H3,(H,17,20)(H,18,21)/t14-/m0/s1. The Morgan fingerprint density at radius 3 is 2.82 bits per heavy atom. The molecule has 2 N–H and O–H groups in total. The molecule has 6 nitrogen and oxygen atoms in total. The largest absolute Gasteiger partial charge is 0.497 e. The van der Waals surface area contributed by atoms with Crippen molar-refractivity contribution in [1.29, 1.82) is 0 Å². The van der Waals surface area contributed by atoms with Gasteiger partial charge in [0, 0.05) is 24.3 Å². The highest BCUT2D eigenvalue weighted by atomic mass is 16.5. The molecule has 0 bridgehead atoms. The van der Waals surface area contributed by atoms with Crippen LogP contribution in [0.2, 0.25) is 0 Å². The van der Waals surface area contributed by atoms with E-state index in [-0.39, 0.29) is 18.0 Å². The van der Waals surface area contributed by atoms with Gasteiger partial charge in [-0.15, -0.1) is 0 Å². The van der Waals surface area contributed by atoms with Crippen molar-refractivity contribution in [2.24, 2.45) is 0 Å². The average Bonchev–Trinajstić information content (AvgIpc) is 3.18. The van der Waals surface area contributed by atoms with E-state index in [4.69, 9.17) is 4.74 Å². The van der Waals surface area contributed by atoms with Crippen LogP contribution >= 0.6 is 0 Å². The lowest BCUT2D eigenvalue weighted by Gasteiger charge is -2.24. The van der Waals surface area contributed by atoms with Crippen molar-refractivity contribution in [3.8, 4) is 5.75 Å². The number of likely N-dealkylation sites (tertiary alicyclic amines) is 1. The second-order valence-corrected chi connectivity index (χ2v) is 5.80. The molecule has 1 atom stereocenters. The summed E-state index contributed by atoms with van der Waals surface area (Å²) in [6.45, 7) is 0.610. The minimum atomic E-state index is -0.355. The van der Waals surface area contributed by atoms with Gasteiger partial charge in [-0.2, -0.15) is 0 Å². The Balaban J connectivity index is 1.63. The van der Waals surface area contributed by atoms with Crippen LogP contribution in [0, 0.1) is 0 Å². The molecule has 3 amide bonds. The molecule has 1 aromatic rings. The monoisotopic (exact) mass is 303 g/mol. The molecule has 1 heterocycles. The Labute approximate surface area is 129 Å². The zero-order valence-corrected chi connectivity index (χ0v) is 12.7. The van der Waals surface area contributed by atoms with E-state index in [1.807, 2.05) is 12.1 Å². The fourth-order valence-corrected chi connectivity index (χ4v) is 2.70. The SMILES string of the molecule is COc1cccc(NC(=O)N2CCC[C@H]2C(=O)NC2CC2)c1. The van der Waals surface area contributed by atoms with Crippen LogP contribution in [-0.4, -0.2) is 42.6 Å². The third-order valence-corrected chi connectivity index (χ3v) is 4.06. The number of methoxy groups -OCH3 is 1. The Hall–Kier alpha value is -2.24. The number of ether oxygens (including phenoxy) is 1. The van der Waals surface area contributed by atoms with Crippen LogP contribution in [0.1, 0.15) is 25.7 Å². The fourth-order valence-electron chi connectivity index (χ4n) is 2.70. The summed E-state index contributed by atoms with van der Waals surface area (Å²) < 4.78 is 5.14. The third-order valence-electron chi connectivity index (χ3n) is 4.06. The van der Waals surface area contributed by atoms with Crippen molar-refractivity contribution in [2.75, 3.05) is 19.0 Å². The molecule has 0 spiro atoms. The van der Waals surface area contributed by atoms with Gasteiger partial charge in [0.2, 0.25) is 5.91 Å². The van der Waals surface area contributed by atoms with Crippen LogP contribution in [-0.2, 0) is 4.79 Å². The van der Waals surface area contributed by atoms with Crippen LogP contribution < -0.4 is 15.4 Å². The highest BCUT2D eigenvalue weighted by Gasteiger charge is 2.36. The predicted octanol–water partition coefficient (Wildman–Crippen LogP) is 1.97. The summed E-state index contributed by atoms with van der Waals surface area (Å²) in [5.41, 5.74) is 0.664. The molecule has 0 radical (unpaired) electrons. The molecular formula is C16H21N3O3. The number of rotatable bonds is 4. The summed E-state index contributed by atoms with van der Waals surface area (Å²) in [7, 11) is 1.58.